The van der Waals surface area contributed by atoms with Crippen molar-refractivity contribution < 1.29 is 4.79 Å². The smallest absolute Gasteiger partial charge is 0.221 e. The Morgan fingerprint density at radius 2 is 1.11 bits per heavy atom. The molecule has 2 rings (SSSR count). The van der Waals surface area contributed by atoms with Crippen molar-refractivity contribution in [3.63, 3.8) is 0 Å². The lowest BCUT2D eigenvalue weighted by Gasteiger charge is -2.00. The molecule has 0 aromatic heterocycles. The van der Waals surface area contributed by atoms with Crippen LogP contribution in [-0.4, -0.2) is 5.91 Å². The van der Waals surface area contributed by atoms with Gasteiger partial charge in [0, 0.05) is 29.7 Å². The van der Waals surface area contributed by atoms with Gasteiger partial charge >= 0.3 is 0 Å². The van der Waals surface area contributed by atoms with Crippen molar-refractivity contribution >= 4 is 28.7 Å². The van der Waals surface area contributed by atoms with Gasteiger partial charge < -0.3 is 22.5 Å². The fourth-order valence-corrected chi connectivity index (χ4v) is 1.27. The zero-order valence-corrected chi connectivity index (χ0v) is 10.8. The van der Waals surface area contributed by atoms with Gasteiger partial charge in [-0.25, -0.2) is 0 Å². The van der Waals surface area contributed by atoms with Gasteiger partial charge in [0.15, 0.2) is 0 Å². The summed E-state index contributed by atoms with van der Waals surface area (Å²) in [5.41, 5.74) is 19.1. The van der Waals surface area contributed by atoms with Crippen LogP contribution in [0.15, 0.2) is 48.5 Å². The second-order valence-electron chi connectivity index (χ2n) is 3.97. The summed E-state index contributed by atoms with van der Waals surface area (Å²) in [4.78, 5) is 10.6. The monoisotopic (exact) mass is 258 g/mol. The zero-order valence-electron chi connectivity index (χ0n) is 10.8. The van der Waals surface area contributed by atoms with Crippen molar-refractivity contribution in [2.24, 2.45) is 0 Å². The first-order valence-electron chi connectivity index (χ1n) is 5.71. The van der Waals surface area contributed by atoms with Gasteiger partial charge in [0.25, 0.3) is 0 Å². The van der Waals surface area contributed by atoms with E-state index in [0.29, 0.717) is 5.69 Å². The lowest BCUT2D eigenvalue weighted by molar-refractivity contribution is -0.114. The number of hydrogen-bond donors (Lipinski definition) is 4. The first kappa shape index (κ1) is 14.4. The summed E-state index contributed by atoms with van der Waals surface area (Å²) in [6.07, 6.45) is 0. The van der Waals surface area contributed by atoms with Crippen LogP contribution in [-0.2, 0) is 4.79 Å². The second-order valence-corrected chi connectivity index (χ2v) is 3.97. The summed E-state index contributed by atoms with van der Waals surface area (Å²) >= 11 is 0. The molecule has 0 aliphatic heterocycles. The Bertz CT molecular complexity index is 499. The van der Waals surface area contributed by atoms with Gasteiger partial charge in [-0.3, -0.25) is 4.79 Å². The molecule has 0 bridgehead atoms. The molecule has 0 unspecified atom stereocenters. The molecule has 0 saturated carbocycles. The molecule has 2 aromatic rings. The lowest BCUT2D eigenvalue weighted by atomic mass is 10.3. The van der Waals surface area contributed by atoms with Crippen LogP contribution < -0.4 is 22.5 Å². The highest BCUT2D eigenvalue weighted by atomic mass is 16.1. The molecule has 0 saturated heterocycles. The average Bonchev–Trinajstić information content (AvgIpc) is 2.36. The summed E-state index contributed by atoms with van der Waals surface area (Å²) in [7, 11) is 0. The van der Waals surface area contributed by atoms with E-state index in [0.717, 1.165) is 17.1 Å². The third kappa shape index (κ3) is 5.97. The molecule has 0 heterocycles. The molecule has 2 aromatic carbocycles. The lowest BCUT2D eigenvalue weighted by Crippen LogP contribution is -2.05. The molecule has 1 amide bonds. The van der Waals surface area contributed by atoms with E-state index in [1.54, 1.807) is 48.5 Å². The maximum Gasteiger partial charge on any atom is 0.221 e. The van der Waals surface area contributed by atoms with Crippen LogP contribution >= 0.6 is 0 Å². The molecule has 0 atom stereocenters. The molecule has 0 radical (unpaired) electrons. The van der Waals surface area contributed by atoms with E-state index >= 15 is 0 Å². The van der Waals surface area contributed by atoms with Gasteiger partial charge in [0.1, 0.15) is 0 Å². The summed E-state index contributed by atoms with van der Waals surface area (Å²) in [6.45, 7) is 1.47. The Balaban J connectivity index is 0.000000200. The van der Waals surface area contributed by atoms with Crippen molar-refractivity contribution in [3.8, 4) is 0 Å². The van der Waals surface area contributed by atoms with Crippen molar-refractivity contribution in [1.82, 2.24) is 0 Å². The molecule has 19 heavy (non-hydrogen) atoms. The Hall–Kier alpha value is -2.69. The summed E-state index contributed by atoms with van der Waals surface area (Å²) in [5.74, 6) is -0.0743. The number of nitrogens with two attached hydrogens (primary N) is 3. The van der Waals surface area contributed by atoms with Gasteiger partial charge in [-0.15, -0.1) is 0 Å². The Morgan fingerprint density at radius 1 is 0.789 bits per heavy atom. The zero-order chi connectivity index (χ0) is 14.3. The first-order valence-corrected chi connectivity index (χ1v) is 5.71. The molecule has 0 fully saturated rings. The van der Waals surface area contributed by atoms with Crippen molar-refractivity contribution in [1.29, 1.82) is 0 Å². The van der Waals surface area contributed by atoms with E-state index in [9.17, 15) is 4.79 Å². The van der Waals surface area contributed by atoms with Crippen LogP contribution in [0.3, 0.4) is 0 Å². The maximum absolute atomic E-state index is 10.6. The number of anilines is 4. The van der Waals surface area contributed by atoms with Gasteiger partial charge in [0.05, 0.1) is 0 Å². The molecule has 5 nitrogen and oxygen atoms in total. The Kier molecular flexibility index (Phi) is 5.22. The van der Waals surface area contributed by atoms with Crippen LogP contribution in [0, 0.1) is 0 Å². The third-order valence-electron chi connectivity index (χ3n) is 2.17. The van der Waals surface area contributed by atoms with E-state index < -0.39 is 0 Å². The fraction of sp³-hybridized carbons (Fsp3) is 0.0714. The van der Waals surface area contributed by atoms with Crippen LogP contribution in [0.4, 0.5) is 22.7 Å². The van der Waals surface area contributed by atoms with E-state index in [1.807, 2.05) is 0 Å². The van der Waals surface area contributed by atoms with Gasteiger partial charge in [-0.05, 0) is 48.5 Å². The molecule has 100 valence electrons. The van der Waals surface area contributed by atoms with E-state index in [1.165, 1.54) is 6.92 Å². The number of nitrogen functional groups attached to an aromatic ring is 3. The minimum Gasteiger partial charge on any atom is -0.399 e. The minimum atomic E-state index is -0.0743. The average molecular weight is 258 g/mol. The highest BCUT2D eigenvalue weighted by molar-refractivity contribution is 5.88. The van der Waals surface area contributed by atoms with Crippen molar-refractivity contribution in [2.75, 3.05) is 22.5 Å². The fourth-order valence-electron chi connectivity index (χ4n) is 1.27. The number of carbonyl (C=O) groups excluding carboxylic acids is 1. The summed E-state index contributed by atoms with van der Waals surface area (Å²) in [5, 5.41) is 2.64. The van der Waals surface area contributed by atoms with E-state index in [2.05, 4.69) is 5.32 Å². The predicted molar refractivity (Wildman–Crippen MR) is 80.4 cm³/mol. The maximum atomic E-state index is 10.6. The molecule has 0 spiro atoms. The Morgan fingerprint density at radius 3 is 1.42 bits per heavy atom. The van der Waals surface area contributed by atoms with E-state index in [4.69, 9.17) is 17.2 Å². The third-order valence-corrected chi connectivity index (χ3v) is 2.17. The number of amides is 1. The van der Waals surface area contributed by atoms with Gasteiger partial charge in [0.2, 0.25) is 5.91 Å². The largest absolute Gasteiger partial charge is 0.399 e. The number of benzene rings is 2. The number of carbonyl (C=O) groups is 1. The van der Waals surface area contributed by atoms with Crippen LogP contribution in [0.5, 0.6) is 0 Å². The summed E-state index contributed by atoms with van der Waals surface area (Å²) < 4.78 is 0. The quantitative estimate of drug-likeness (QED) is 0.587. The number of nitrogens with one attached hydrogen (secondary N) is 1. The molecular formula is C14H18N4O. The summed E-state index contributed by atoms with van der Waals surface area (Å²) in [6, 6.07) is 14.1. The highest BCUT2D eigenvalue weighted by Gasteiger charge is 1.92. The second kappa shape index (κ2) is 6.90. The normalized spacial score (nSPS) is 9.11. The van der Waals surface area contributed by atoms with Crippen LogP contribution in [0.1, 0.15) is 6.92 Å². The topological polar surface area (TPSA) is 107 Å². The van der Waals surface area contributed by atoms with Gasteiger partial charge in [-0.1, -0.05) is 0 Å². The van der Waals surface area contributed by atoms with E-state index in [-0.39, 0.29) is 5.91 Å². The van der Waals surface area contributed by atoms with Gasteiger partial charge in [-0.2, -0.15) is 0 Å². The minimum absolute atomic E-state index is 0.0743. The molecule has 7 N–H and O–H groups in total. The first-order chi connectivity index (χ1) is 8.97. The van der Waals surface area contributed by atoms with Crippen molar-refractivity contribution in [2.45, 2.75) is 6.92 Å². The highest BCUT2D eigenvalue weighted by Crippen LogP contribution is 2.09. The van der Waals surface area contributed by atoms with Crippen LogP contribution in [0.25, 0.3) is 0 Å². The molecule has 5 heteroatoms. The Labute approximate surface area is 112 Å². The number of rotatable bonds is 1. The number of hydrogen-bond acceptors (Lipinski definition) is 4. The standard InChI is InChI=1S/C8H10N2O.C6H8N2/c1-6(11)10-8-4-2-7(9)3-5-8;7-5-1-2-6(8)4-3-5/h2-5H,9H2,1H3,(H,10,11);1-4H,7-8H2. The van der Waals surface area contributed by atoms with Crippen molar-refractivity contribution in [3.05, 3.63) is 48.5 Å². The SMILES string of the molecule is CC(=O)Nc1ccc(N)cc1.Nc1ccc(N)cc1. The predicted octanol–water partition coefficient (Wildman–Crippen LogP) is 2.08. The molecule has 0 aliphatic carbocycles. The van der Waals surface area contributed by atoms with Crippen LogP contribution in [0.2, 0.25) is 0 Å². The molecule has 0 aliphatic rings. The molecular weight excluding hydrogens is 240 g/mol.